The Balaban J connectivity index is 2.49. The molecule has 15 heavy (non-hydrogen) atoms. The van der Waals surface area contributed by atoms with Gasteiger partial charge in [0.1, 0.15) is 17.3 Å². The van der Waals surface area contributed by atoms with Gasteiger partial charge in [0.25, 0.3) is 0 Å². The topological polar surface area (TPSA) is 65.2 Å². The molecule has 0 radical (unpaired) electrons. The van der Waals surface area contributed by atoms with Gasteiger partial charge in [-0.1, -0.05) is 0 Å². The van der Waals surface area contributed by atoms with Crippen LogP contribution in [-0.4, -0.2) is 4.98 Å². The van der Waals surface area contributed by atoms with E-state index in [4.69, 9.17) is 14.6 Å². The molecule has 0 amide bonds. The summed E-state index contributed by atoms with van der Waals surface area (Å²) in [7, 11) is 0. The van der Waals surface area contributed by atoms with Gasteiger partial charge < -0.3 is 14.6 Å². The highest BCUT2D eigenvalue weighted by molar-refractivity contribution is 5.56. The number of aryl methyl sites for hydroxylation is 3. The quantitative estimate of drug-likeness (QED) is 0.818. The van der Waals surface area contributed by atoms with Gasteiger partial charge in [0.2, 0.25) is 5.89 Å². The second-order valence-electron chi connectivity index (χ2n) is 3.55. The largest absolute Gasteiger partial charge is 0.466 e. The second kappa shape index (κ2) is 3.55. The predicted octanol–water partition coefficient (Wildman–Crippen LogP) is 2.32. The SMILES string of the molecule is Cc1cc(-c2nc(CN)c(C)o2)c(C)o1. The van der Waals surface area contributed by atoms with Crippen LogP contribution >= 0.6 is 0 Å². The van der Waals surface area contributed by atoms with E-state index in [1.54, 1.807) is 0 Å². The normalized spacial score (nSPS) is 10.9. The van der Waals surface area contributed by atoms with E-state index in [1.807, 2.05) is 26.8 Å². The van der Waals surface area contributed by atoms with Crippen molar-refractivity contribution in [2.24, 2.45) is 5.73 Å². The molecule has 0 spiro atoms. The molecule has 2 rings (SSSR count). The van der Waals surface area contributed by atoms with Crippen LogP contribution < -0.4 is 5.73 Å². The van der Waals surface area contributed by atoms with Crippen molar-refractivity contribution >= 4 is 0 Å². The molecule has 0 atom stereocenters. The van der Waals surface area contributed by atoms with E-state index in [1.165, 1.54) is 0 Å². The van der Waals surface area contributed by atoms with Crippen molar-refractivity contribution in [1.29, 1.82) is 0 Å². The first-order chi connectivity index (χ1) is 7.11. The molecular formula is C11H14N2O2. The van der Waals surface area contributed by atoms with E-state index in [0.29, 0.717) is 12.4 Å². The third-order valence-electron chi connectivity index (χ3n) is 2.36. The minimum atomic E-state index is 0.394. The summed E-state index contributed by atoms with van der Waals surface area (Å²) in [6, 6.07) is 1.92. The summed E-state index contributed by atoms with van der Waals surface area (Å²) in [6.07, 6.45) is 0. The summed E-state index contributed by atoms with van der Waals surface area (Å²) in [5.41, 5.74) is 7.23. The van der Waals surface area contributed by atoms with Crippen LogP contribution in [0.15, 0.2) is 14.9 Å². The number of nitrogens with zero attached hydrogens (tertiary/aromatic N) is 1. The van der Waals surface area contributed by atoms with Crippen molar-refractivity contribution in [3.8, 4) is 11.5 Å². The smallest absolute Gasteiger partial charge is 0.230 e. The van der Waals surface area contributed by atoms with E-state index in [2.05, 4.69) is 4.98 Å². The third-order valence-corrected chi connectivity index (χ3v) is 2.36. The molecule has 80 valence electrons. The fourth-order valence-corrected chi connectivity index (χ4v) is 1.58. The maximum atomic E-state index is 5.54. The van der Waals surface area contributed by atoms with Gasteiger partial charge in [0, 0.05) is 6.54 Å². The first-order valence-electron chi connectivity index (χ1n) is 4.85. The molecule has 4 heteroatoms. The highest BCUT2D eigenvalue weighted by atomic mass is 16.4. The fraction of sp³-hybridized carbons (Fsp3) is 0.364. The fourth-order valence-electron chi connectivity index (χ4n) is 1.58. The van der Waals surface area contributed by atoms with Gasteiger partial charge in [0.15, 0.2) is 0 Å². The van der Waals surface area contributed by atoms with E-state index < -0.39 is 0 Å². The minimum Gasteiger partial charge on any atom is -0.466 e. The Hall–Kier alpha value is -1.55. The molecule has 0 unspecified atom stereocenters. The highest BCUT2D eigenvalue weighted by Gasteiger charge is 2.15. The van der Waals surface area contributed by atoms with Gasteiger partial charge in [-0.2, -0.15) is 0 Å². The Morgan fingerprint density at radius 3 is 2.40 bits per heavy atom. The molecule has 0 bridgehead atoms. The van der Waals surface area contributed by atoms with Crippen LogP contribution in [-0.2, 0) is 6.54 Å². The first-order valence-corrected chi connectivity index (χ1v) is 4.85. The van der Waals surface area contributed by atoms with Crippen molar-refractivity contribution in [3.63, 3.8) is 0 Å². The Kier molecular flexibility index (Phi) is 2.36. The molecule has 0 aliphatic rings. The summed E-state index contributed by atoms with van der Waals surface area (Å²) >= 11 is 0. The van der Waals surface area contributed by atoms with E-state index in [0.717, 1.165) is 28.5 Å². The Labute approximate surface area is 88.1 Å². The van der Waals surface area contributed by atoms with Crippen LogP contribution in [0.1, 0.15) is 23.0 Å². The lowest BCUT2D eigenvalue weighted by Gasteiger charge is -1.89. The van der Waals surface area contributed by atoms with Crippen molar-refractivity contribution in [3.05, 3.63) is 29.0 Å². The predicted molar refractivity (Wildman–Crippen MR) is 56.3 cm³/mol. The van der Waals surface area contributed by atoms with Gasteiger partial charge in [-0.15, -0.1) is 0 Å². The van der Waals surface area contributed by atoms with E-state index in [9.17, 15) is 0 Å². The zero-order chi connectivity index (χ0) is 11.0. The summed E-state index contributed by atoms with van der Waals surface area (Å²) < 4.78 is 11.0. The summed E-state index contributed by atoms with van der Waals surface area (Å²) in [5, 5.41) is 0. The Bertz CT molecular complexity index is 483. The molecule has 2 N–H and O–H groups in total. The molecule has 0 aliphatic heterocycles. The van der Waals surface area contributed by atoms with Gasteiger partial charge in [-0.3, -0.25) is 0 Å². The van der Waals surface area contributed by atoms with Gasteiger partial charge in [0.05, 0.1) is 11.3 Å². The molecule has 2 aromatic heterocycles. The molecule has 4 nitrogen and oxygen atoms in total. The molecule has 0 aliphatic carbocycles. The molecule has 2 heterocycles. The van der Waals surface area contributed by atoms with Gasteiger partial charge in [-0.25, -0.2) is 4.98 Å². The number of rotatable bonds is 2. The lowest BCUT2D eigenvalue weighted by Crippen LogP contribution is -1.97. The molecule has 0 saturated carbocycles. The minimum absolute atomic E-state index is 0.394. The maximum Gasteiger partial charge on any atom is 0.230 e. The molecule has 0 aromatic carbocycles. The Morgan fingerprint density at radius 2 is 1.93 bits per heavy atom. The molecule has 0 fully saturated rings. The van der Waals surface area contributed by atoms with Crippen molar-refractivity contribution in [1.82, 2.24) is 4.98 Å². The highest BCUT2D eigenvalue weighted by Crippen LogP contribution is 2.27. The zero-order valence-electron chi connectivity index (χ0n) is 9.13. The number of nitrogens with two attached hydrogens (primary N) is 1. The number of hydrogen-bond donors (Lipinski definition) is 1. The average molecular weight is 206 g/mol. The maximum absolute atomic E-state index is 5.54. The molecular weight excluding hydrogens is 192 g/mol. The van der Waals surface area contributed by atoms with Crippen molar-refractivity contribution in [2.45, 2.75) is 27.3 Å². The van der Waals surface area contributed by atoms with Crippen LogP contribution in [0.25, 0.3) is 11.5 Å². The second-order valence-corrected chi connectivity index (χ2v) is 3.55. The number of oxazole rings is 1. The van der Waals surface area contributed by atoms with Crippen LogP contribution in [0.4, 0.5) is 0 Å². The first kappa shape index (κ1) is 9.98. The van der Waals surface area contributed by atoms with Gasteiger partial charge >= 0.3 is 0 Å². The summed E-state index contributed by atoms with van der Waals surface area (Å²) in [4.78, 5) is 4.32. The van der Waals surface area contributed by atoms with Crippen molar-refractivity contribution in [2.75, 3.05) is 0 Å². The van der Waals surface area contributed by atoms with Crippen molar-refractivity contribution < 1.29 is 8.83 Å². The summed E-state index contributed by atoms with van der Waals surface area (Å²) in [6.45, 7) is 6.05. The van der Waals surface area contributed by atoms with E-state index in [-0.39, 0.29) is 0 Å². The van der Waals surface area contributed by atoms with Crippen LogP contribution in [0, 0.1) is 20.8 Å². The lowest BCUT2D eigenvalue weighted by atomic mass is 10.2. The zero-order valence-corrected chi connectivity index (χ0v) is 9.13. The van der Waals surface area contributed by atoms with Crippen LogP contribution in [0.5, 0.6) is 0 Å². The Morgan fingerprint density at radius 1 is 1.20 bits per heavy atom. The van der Waals surface area contributed by atoms with Gasteiger partial charge in [-0.05, 0) is 26.8 Å². The van der Waals surface area contributed by atoms with Crippen LogP contribution in [0.3, 0.4) is 0 Å². The average Bonchev–Trinajstić information content (AvgIpc) is 2.69. The summed E-state index contributed by atoms with van der Waals surface area (Å²) in [5.74, 6) is 3.03. The lowest BCUT2D eigenvalue weighted by molar-refractivity contribution is 0.500. The monoisotopic (exact) mass is 206 g/mol. The standard InChI is InChI=1S/C11H14N2O2/c1-6-4-9(7(2)14-6)11-13-10(5-12)8(3)15-11/h4H,5,12H2,1-3H3. The molecule has 0 saturated heterocycles. The van der Waals surface area contributed by atoms with Crippen LogP contribution in [0.2, 0.25) is 0 Å². The third kappa shape index (κ3) is 1.68. The van der Waals surface area contributed by atoms with E-state index >= 15 is 0 Å². The molecule has 2 aromatic rings. The number of hydrogen-bond acceptors (Lipinski definition) is 4. The number of furan rings is 1. The number of aromatic nitrogens is 1.